The largest absolute Gasteiger partial charge is 0.399 e. The third-order valence-corrected chi connectivity index (χ3v) is 4.64. The molecule has 0 fully saturated rings. The van der Waals surface area contributed by atoms with E-state index in [0.29, 0.717) is 5.69 Å². The van der Waals surface area contributed by atoms with Crippen LogP contribution in [0.1, 0.15) is 6.42 Å². The minimum absolute atomic E-state index is 0.0492. The Morgan fingerprint density at radius 3 is 2.44 bits per heavy atom. The summed E-state index contributed by atoms with van der Waals surface area (Å²) in [5.41, 5.74) is 5.85. The summed E-state index contributed by atoms with van der Waals surface area (Å²) in [5.74, 6) is -0.0492. The van der Waals surface area contributed by atoms with Crippen LogP contribution in [-0.4, -0.2) is 35.4 Å². The van der Waals surface area contributed by atoms with E-state index in [2.05, 4.69) is 4.72 Å². The third-order valence-electron chi connectivity index (χ3n) is 2.15. The SMILES string of the molecule is CS(=O)(=O)CCCNS(=O)(=O)c1cccc(N)c1. The topological polar surface area (TPSA) is 106 Å². The second-order valence-electron chi connectivity index (χ2n) is 3.95. The lowest BCUT2D eigenvalue weighted by molar-refractivity contribution is 0.577. The van der Waals surface area contributed by atoms with Crippen LogP contribution in [0.4, 0.5) is 5.69 Å². The molecule has 0 aliphatic rings. The quantitative estimate of drug-likeness (QED) is 0.566. The fourth-order valence-electron chi connectivity index (χ4n) is 1.31. The fraction of sp³-hybridized carbons (Fsp3) is 0.400. The Bertz CT molecular complexity index is 609. The van der Waals surface area contributed by atoms with Crippen molar-refractivity contribution in [2.75, 3.05) is 24.3 Å². The van der Waals surface area contributed by atoms with E-state index in [0.717, 1.165) is 6.26 Å². The van der Waals surface area contributed by atoms with Gasteiger partial charge < -0.3 is 5.73 Å². The molecular weight excluding hydrogens is 276 g/mol. The molecule has 0 amide bonds. The summed E-state index contributed by atoms with van der Waals surface area (Å²) in [7, 11) is -6.69. The maximum atomic E-state index is 11.8. The van der Waals surface area contributed by atoms with E-state index in [1.165, 1.54) is 12.1 Å². The van der Waals surface area contributed by atoms with E-state index < -0.39 is 19.9 Å². The van der Waals surface area contributed by atoms with Crippen LogP contribution in [0.2, 0.25) is 0 Å². The molecule has 102 valence electrons. The Morgan fingerprint density at radius 1 is 1.22 bits per heavy atom. The Labute approximate surface area is 107 Å². The number of rotatable bonds is 6. The molecule has 0 aliphatic carbocycles. The van der Waals surface area contributed by atoms with Crippen LogP contribution in [0.3, 0.4) is 0 Å². The Hall–Kier alpha value is -1.12. The molecule has 0 atom stereocenters. The van der Waals surface area contributed by atoms with Crippen molar-refractivity contribution < 1.29 is 16.8 Å². The average molecular weight is 292 g/mol. The van der Waals surface area contributed by atoms with Crippen molar-refractivity contribution in [2.24, 2.45) is 0 Å². The number of anilines is 1. The van der Waals surface area contributed by atoms with E-state index in [4.69, 9.17) is 5.73 Å². The minimum Gasteiger partial charge on any atom is -0.399 e. The van der Waals surface area contributed by atoms with E-state index >= 15 is 0 Å². The van der Waals surface area contributed by atoms with Crippen LogP contribution in [0.25, 0.3) is 0 Å². The van der Waals surface area contributed by atoms with E-state index in [1.54, 1.807) is 12.1 Å². The zero-order chi connectivity index (χ0) is 13.8. The van der Waals surface area contributed by atoms with Gasteiger partial charge in [0.05, 0.1) is 10.6 Å². The van der Waals surface area contributed by atoms with Gasteiger partial charge in [0, 0.05) is 18.5 Å². The van der Waals surface area contributed by atoms with Crippen LogP contribution in [0.5, 0.6) is 0 Å². The molecule has 6 nitrogen and oxygen atoms in total. The van der Waals surface area contributed by atoms with Crippen molar-refractivity contribution in [3.63, 3.8) is 0 Å². The summed E-state index contributed by atoms with van der Waals surface area (Å²) in [6.07, 6.45) is 1.35. The molecule has 0 unspecified atom stereocenters. The fourth-order valence-corrected chi connectivity index (χ4v) is 3.10. The summed E-state index contributed by atoms with van der Waals surface area (Å²) in [4.78, 5) is 0.0712. The molecule has 18 heavy (non-hydrogen) atoms. The molecule has 1 aromatic carbocycles. The molecule has 0 spiro atoms. The van der Waals surface area contributed by atoms with Crippen molar-refractivity contribution in [3.05, 3.63) is 24.3 Å². The van der Waals surface area contributed by atoms with E-state index in [-0.39, 0.29) is 23.6 Å². The number of sulfonamides is 1. The van der Waals surface area contributed by atoms with Gasteiger partial charge >= 0.3 is 0 Å². The predicted molar refractivity (Wildman–Crippen MR) is 70.4 cm³/mol. The molecular formula is C10H16N2O4S2. The number of nitrogens with one attached hydrogen (secondary N) is 1. The van der Waals surface area contributed by atoms with E-state index in [1.807, 2.05) is 0 Å². The van der Waals surface area contributed by atoms with Gasteiger partial charge in [-0.2, -0.15) is 0 Å². The molecule has 0 saturated carbocycles. The van der Waals surface area contributed by atoms with Crippen molar-refractivity contribution >= 4 is 25.5 Å². The minimum atomic E-state index is -3.63. The summed E-state index contributed by atoms with van der Waals surface area (Å²) in [6.45, 7) is 0.0736. The Morgan fingerprint density at radius 2 is 1.89 bits per heavy atom. The van der Waals surface area contributed by atoms with E-state index in [9.17, 15) is 16.8 Å². The summed E-state index contributed by atoms with van der Waals surface area (Å²) >= 11 is 0. The van der Waals surface area contributed by atoms with Crippen molar-refractivity contribution in [1.82, 2.24) is 4.72 Å². The zero-order valence-corrected chi connectivity index (χ0v) is 11.6. The highest BCUT2D eigenvalue weighted by Crippen LogP contribution is 2.12. The van der Waals surface area contributed by atoms with Gasteiger partial charge in [0.2, 0.25) is 10.0 Å². The highest BCUT2D eigenvalue weighted by molar-refractivity contribution is 7.90. The maximum absolute atomic E-state index is 11.8. The summed E-state index contributed by atoms with van der Waals surface area (Å²) < 4.78 is 47.7. The molecule has 0 radical (unpaired) electrons. The highest BCUT2D eigenvalue weighted by Gasteiger charge is 2.13. The van der Waals surface area contributed by atoms with Crippen molar-refractivity contribution in [1.29, 1.82) is 0 Å². The standard InChI is InChI=1S/C10H16N2O4S2/c1-17(13,14)7-3-6-12-18(15,16)10-5-2-4-9(11)8-10/h2,4-5,8,12H,3,6-7,11H2,1H3. The monoisotopic (exact) mass is 292 g/mol. The van der Waals surface area contributed by atoms with Crippen LogP contribution in [0, 0.1) is 0 Å². The molecule has 0 saturated heterocycles. The van der Waals surface area contributed by atoms with Crippen molar-refractivity contribution in [2.45, 2.75) is 11.3 Å². The van der Waals surface area contributed by atoms with Crippen LogP contribution < -0.4 is 10.5 Å². The number of hydrogen-bond donors (Lipinski definition) is 2. The second kappa shape index (κ2) is 5.68. The Kier molecular flexibility index (Phi) is 4.71. The number of nitrogen functional groups attached to an aromatic ring is 1. The number of sulfone groups is 1. The number of nitrogens with two attached hydrogens (primary N) is 1. The van der Waals surface area contributed by atoms with Crippen molar-refractivity contribution in [3.8, 4) is 0 Å². The molecule has 1 aromatic rings. The molecule has 0 bridgehead atoms. The maximum Gasteiger partial charge on any atom is 0.240 e. The molecule has 3 N–H and O–H groups in total. The lowest BCUT2D eigenvalue weighted by Crippen LogP contribution is -2.26. The zero-order valence-electron chi connectivity index (χ0n) is 9.96. The van der Waals surface area contributed by atoms with Gasteiger partial charge in [0.1, 0.15) is 9.84 Å². The normalized spacial score (nSPS) is 12.5. The first-order chi connectivity index (χ1) is 8.21. The summed E-state index contributed by atoms with van der Waals surface area (Å²) in [5, 5.41) is 0. The van der Waals surface area contributed by atoms with Crippen LogP contribution in [0.15, 0.2) is 29.2 Å². The van der Waals surface area contributed by atoms with Gasteiger partial charge in [-0.25, -0.2) is 21.6 Å². The molecule has 0 aliphatic heterocycles. The first-order valence-electron chi connectivity index (χ1n) is 5.24. The Balaban J connectivity index is 2.61. The number of benzene rings is 1. The predicted octanol–water partition coefficient (Wildman–Crippen LogP) is -0.0182. The molecule has 0 aromatic heterocycles. The van der Waals surface area contributed by atoms with Gasteiger partial charge in [-0.05, 0) is 24.6 Å². The average Bonchev–Trinajstić information content (AvgIpc) is 2.23. The molecule has 8 heteroatoms. The first kappa shape index (κ1) is 14.9. The lowest BCUT2D eigenvalue weighted by Gasteiger charge is -2.06. The first-order valence-corrected chi connectivity index (χ1v) is 8.78. The van der Waals surface area contributed by atoms with Gasteiger partial charge in [-0.3, -0.25) is 0 Å². The number of hydrogen-bond acceptors (Lipinski definition) is 5. The summed E-state index contributed by atoms with van der Waals surface area (Å²) in [6, 6.07) is 5.90. The smallest absolute Gasteiger partial charge is 0.240 e. The third kappa shape index (κ3) is 5.03. The molecule has 0 heterocycles. The molecule has 1 rings (SSSR count). The van der Waals surface area contributed by atoms with Gasteiger partial charge in [-0.1, -0.05) is 6.07 Å². The van der Waals surface area contributed by atoms with Gasteiger partial charge in [-0.15, -0.1) is 0 Å². The van der Waals surface area contributed by atoms with Crippen LogP contribution >= 0.6 is 0 Å². The highest BCUT2D eigenvalue weighted by atomic mass is 32.2. The van der Waals surface area contributed by atoms with Gasteiger partial charge in [0.25, 0.3) is 0 Å². The van der Waals surface area contributed by atoms with Gasteiger partial charge in [0.15, 0.2) is 0 Å². The second-order valence-corrected chi connectivity index (χ2v) is 7.98. The lowest BCUT2D eigenvalue weighted by atomic mass is 10.3. The van der Waals surface area contributed by atoms with Crippen LogP contribution in [-0.2, 0) is 19.9 Å².